The van der Waals surface area contributed by atoms with Gasteiger partial charge >= 0.3 is 0 Å². The Hall–Kier alpha value is -0.280. The third-order valence-corrected chi connectivity index (χ3v) is 9.04. The summed E-state index contributed by atoms with van der Waals surface area (Å²) >= 11 is 0. The van der Waals surface area contributed by atoms with Crippen LogP contribution in [0, 0.1) is 0 Å². The van der Waals surface area contributed by atoms with Gasteiger partial charge in [0.2, 0.25) is 0 Å². The number of hydrogen-bond acceptors (Lipinski definition) is 7. The van der Waals surface area contributed by atoms with Gasteiger partial charge in [0.25, 0.3) is 0 Å². The van der Waals surface area contributed by atoms with E-state index in [4.69, 9.17) is 5.11 Å². The lowest BCUT2D eigenvalue weighted by molar-refractivity contribution is -0.0860. The van der Waals surface area contributed by atoms with Crippen LogP contribution in [-0.4, -0.2) is 114 Å². The molecule has 3 aliphatic heterocycles. The Kier molecular flexibility index (Phi) is 12.8. The van der Waals surface area contributed by atoms with E-state index in [1.807, 2.05) is 0 Å². The highest BCUT2D eigenvalue weighted by atomic mass is 16.3. The largest absolute Gasteiger partial charge is 0.393 e. The van der Waals surface area contributed by atoms with Gasteiger partial charge in [-0.25, -0.2) is 0 Å². The standard InChI is InChI=1S/C11H23NO.C10H21NO2.C10H21NO/c1-5-11(13)6-8-12(9-7-11)10(2,3)4;1-9(2,3)11-6-4-5-10(13,7-11)8-12;1-5-10(12)6-7-11(8-10)9(2,3)4/h13H,5-9H2,1-4H3;12-13H,4-8H2,1-3H3;12H,5-8H2,1-4H3. The summed E-state index contributed by atoms with van der Waals surface area (Å²) < 4.78 is 0. The molecule has 2 unspecified atom stereocenters. The maximum atomic E-state index is 10.0. The minimum atomic E-state index is -0.870. The summed E-state index contributed by atoms with van der Waals surface area (Å²) in [6, 6.07) is 0. The van der Waals surface area contributed by atoms with Crippen molar-refractivity contribution < 1.29 is 20.4 Å². The fraction of sp³-hybridized carbons (Fsp3) is 1.00. The fourth-order valence-corrected chi connectivity index (χ4v) is 5.48. The summed E-state index contributed by atoms with van der Waals surface area (Å²) in [5.41, 5.74) is -1.10. The number of piperidine rings is 2. The Labute approximate surface area is 235 Å². The van der Waals surface area contributed by atoms with Gasteiger partial charge < -0.3 is 20.4 Å². The summed E-state index contributed by atoms with van der Waals surface area (Å²) in [5, 5.41) is 39.0. The molecule has 0 aromatic rings. The van der Waals surface area contributed by atoms with Crippen molar-refractivity contribution >= 4 is 0 Å². The third kappa shape index (κ3) is 11.3. The summed E-state index contributed by atoms with van der Waals surface area (Å²) in [7, 11) is 0. The number of hydrogen-bond donors (Lipinski definition) is 4. The number of rotatable bonds is 3. The van der Waals surface area contributed by atoms with Crippen molar-refractivity contribution in [3.05, 3.63) is 0 Å². The van der Waals surface area contributed by atoms with E-state index in [0.29, 0.717) is 6.54 Å². The second-order valence-corrected chi connectivity index (χ2v) is 15.2. The van der Waals surface area contributed by atoms with E-state index < -0.39 is 11.2 Å². The van der Waals surface area contributed by atoms with E-state index in [0.717, 1.165) is 77.7 Å². The first kappa shape index (κ1) is 35.7. The average Bonchev–Trinajstić information content (AvgIpc) is 3.23. The number of aliphatic hydroxyl groups is 4. The maximum Gasteiger partial charge on any atom is 0.100 e. The van der Waals surface area contributed by atoms with Crippen LogP contribution in [0.1, 0.15) is 121 Å². The monoisotopic (exact) mass is 543 g/mol. The fourth-order valence-electron chi connectivity index (χ4n) is 5.48. The summed E-state index contributed by atoms with van der Waals surface area (Å²) in [4.78, 5) is 7.04. The first-order chi connectivity index (χ1) is 17.1. The van der Waals surface area contributed by atoms with Gasteiger partial charge in [0.05, 0.1) is 17.8 Å². The lowest BCUT2D eigenvalue weighted by Gasteiger charge is -2.44. The topological polar surface area (TPSA) is 90.6 Å². The van der Waals surface area contributed by atoms with Gasteiger partial charge in [0.1, 0.15) is 5.60 Å². The van der Waals surface area contributed by atoms with Crippen molar-refractivity contribution in [2.75, 3.05) is 45.9 Å². The smallest absolute Gasteiger partial charge is 0.100 e. The van der Waals surface area contributed by atoms with E-state index in [2.05, 4.69) is 90.9 Å². The van der Waals surface area contributed by atoms with Gasteiger partial charge in [0.15, 0.2) is 0 Å². The Morgan fingerprint density at radius 3 is 1.24 bits per heavy atom. The second-order valence-electron chi connectivity index (χ2n) is 15.2. The molecule has 3 aliphatic rings. The van der Waals surface area contributed by atoms with Crippen LogP contribution in [0.15, 0.2) is 0 Å². The number of likely N-dealkylation sites (tertiary alicyclic amines) is 3. The molecule has 228 valence electrons. The molecule has 0 aliphatic carbocycles. The molecule has 0 spiro atoms. The molecule has 0 amide bonds. The van der Waals surface area contributed by atoms with Gasteiger partial charge in [-0.15, -0.1) is 0 Å². The molecule has 0 bridgehead atoms. The van der Waals surface area contributed by atoms with Crippen molar-refractivity contribution in [2.45, 2.75) is 155 Å². The molecule has 0 aromatic carbocycles. The number of aliphatic hydroxyl groups excluding tert-OH is 1. The minimum Gasteiger partial charge on any atom is -0.393 e. The summed E-state index contributed by atoms with van der Waals surface area (Å²) in [5.74, 6) is 0. The molecule has 0 saturated carbocycles. The highest BCUT2D eigenvalue weighted by Crippen LogP contribution is 2.30. The van der Waals surface area contributed by atoms with Crippen LogP contribution in [0.3, 0.4) is 0 Å². The lowest BCUT2D eigenvalue weighted by atomic mass is 9.87. The van der Waals surface area contributed by atoms with Crippen molar-refractivity contribution in [1.82, 2.24) is 14.7 Å². The molecule has 4 N–H and O–H groups in total. The van der Waals surface area contributed by atoms with E-state index >= 15 is 0 Å². The van der Waals surface area contributed by atoms with Crippen LogP contribution in [0.5, 0.6) is 0 Å². The van der Waals surface area contributed by atoms with Crippen molar-refractivity contribution in [3.63, 3.8) is 0 Å². The molecule has 3 saturated heterocycles. The zero-order valence-corrected chi connectivity index (χ0v) is 27.0. The Balaban J connectivity index is 0.000000285. The molecule has 38 heavy (non-hydrogen) atoms. The van der Waals surface area contributed by atoms with E-state index in [1.165, 1.54) is 0 Å². The lowest BCUT2D eigenvalue weighted by Crippen LogP contribution is -2.56. The zero-order chi connectivity index (χ0) is 29.6. The van der Waals surface area contributed by atoms with Crippen LogP contribution in [0.25, 0.3) is 0 Å². The molecule has 7 heteroatoms. The highest BCUT2D eigenvalue weighted by Gasteiger charge is 2.39. The SMILES string of the molecule is CC(C)(C)N1CCCC(O)(CO)C1.CCC1(O)CCN(C(C)(C)C)C1.CCC1(O)CCN(C(C)(C)C)CC1. The van der Waals surface area contributed by atoms with Gasteiger partial charge in [-0.05, 0) is 114 Å². The summed E-state index contributed by atoms with van der Waals surface area (Å²) in [6.45, 7) is 29.3. The van der Waals surface area contributed by atoms with E-state index in [-0.39, 0.29) is 28.8 Å². The summed E-state index contributed by atoms with van der Waals surface area (Å²) in [6.07, 6.45) is 6.25. The Morgan fingerprint density at radius 2 is 0.895 bits per heavy atom. The van der Waals surface area contributed by atoms with Crippen molar-refractivity contribution in [3.8, 4) is 0 Å². The normalized spacial score (nSPS) is 29.8. The Bertz CT molecular complexity index is 689. The quantitative estimate of drug-likeness (QED) is 0.423. The van der Waals surface area contributed by atoms with Crippen LogP contribution >= 0.6 is 0 Å². The molecule has 3 heterocycles. The van der Waals surface area contributed by atoms with Crippen molar-refractivity contribution in [1.29, 1.82) is 0 Å². The first-order valence-corrected chi connectivity index (χ1v) is 15.2. The Morgan fingerprint density at radius 1 is 0.526 bits per heavy atom. The average molecular weight is 544 g/mol. The molecule has 0 aromatic heterocycles. The molecular weight excluding hydrogens is 478 g/mol. The molecule has 7 nitrogen and oxygen atoms in total. The van der Waals surface area contributed by atoms with E-state index in [1.54, 1.807) is 0 Å². The van der Waals surface area contributed by atoms with Crippen molar-refractivity contribution in [2.24, 2.45) is 0 Å². The maximum absolute atomic E-state index is 10.0. The van der Waals surface area contributed by atoms with Gasteiger partial charge in [-0.3, -0.25) is 14.7 Å². The predicted octanol–water partition coefficient (Wildman–Crippen LogP) is 4.26. The van der Waals surface area contributed by atoms with Crippen LogP contribution in [0.2, 0.25) is 0 Å². The van der Waals surface area contributed by atoms with E-state index in [9.17, 15) is 15.3 Å². The van der Waals surface area contributed by atoms with Crippen LogP contribution < -0.4 is 0 Å². The predicted molar refractivity (Wildman–Crippen MR) is 160 cm³/mol. The number of β-amino-alcohol motifs (C(OH)–C–C–N with tert-alkyl or cyclic N) is 2. The molecular formula is C31H65N3O4. The van der Waals surface area contributed by atoms with Gasteiger partial charge in [-0.1, -0.05) is 13.8 Å². The minimum absolute atomic E-state index is 0.0869. The first-order valence-electron chi connectivity index (χ1n) is 15.2. The molecule has 3 rings (SSSR count). The number of nitrogens with zero attached hydrogens (tertiary/aromatic N) is 3. The van der Waals surface area contributed by atoms with Crippen LogP contribution in [-0.2, 0) is 0 Å². The highest BCUT2D eigenvalue weighted by molar-refractivity contribution is 4.94. The molecule has 2 atom stereocenters. The third-order valence-electron chi connectivity index (χ3n) is 9.04. The van der Waals surface area contributed by atoms with Crippen LogP contribution in [0.4, 0.5) is 0 Å². The second kappa shape index (κ2) is 13.6. The van der Waals surface area contributed by atoms with Gasteiger partial charge in [0, 0.05) is 49.3 Å². The van der Waals surface area contributed by atoms with Gasteiger partial charge in [-0.2, -0.15) is 0 Å². The zero-order valence-electron chi connectivity index (χ0n) is 27.0. The molecule has 3 fully saturated rings. The molecule has 0 radical (unpaired) electrons.